The third kappa shape index (κ3) is 8.08. The van der Waals surface area contributed by atoms with Crippen LogP contribution in [0.4, 0.5) is 10.1 Å². The number of piperazine rings is 1. The van der Waals surface area contributed by atoms with Crippen molar-refractivity contribution >= 4 is 46.7 Å². The smallest absolute Gasteiger partial charge is 0.266 e. The second-order valence-electron chi connectivity index (χ2n) is 15.5. The Bertz CT molecular complexity index is 2030. The van der Waals surface area contributed by atoms with Crippen molar-refractivity contribution in [2.24, 2.45) is 0 Å². The lowest BCUT2D eigenvalue weighted by Crippen LogP contribution is -2.66. The second-order valence-corrected chi connectivity index (χ2v) is 15.5. The molecule has 2 saturated heterocycles. The Morgan fingerprint density at radius 3 is 2.53 bits per heavy atom. The summed E-state index contributed by atoms with van der Waals surface area (Å²) in [5, 5.41) is 15.0. The SMILES string of the molecule is CC(=O)NC1=CNC(C=C2C(=O)Nc3ccc(F)cc32)C1(C)N1CCNCC1CCCCCCCCCOc1cccc2c1C(=O)N(C1CCC(=O)NC1=O)C2=O. The van der Waals surface area contributed by atoms with Crippen molar-refractivity contribution in [1.82, 2.24) is 31.1 Å². The van der Waals surface area contributed by atoms with E-state index in [0.717, 1.165) is 81.6 Å². The predicted molar refractivity (Wildman–Crippen MR) is 209 cm³/mol. The lowest BCUT2D eigenvalue weighted by Gasteiger charge is -2.50. The number of fused-ring (bicyclic) bond motifs is 2. The molecular weight excluding hydrogens is 734 g/mol. The van der Waals surface area contributed by atoms with E-state index >= 15 is 0 Å². The average Bonchev–Trinajstić information content (AvgIpc) is 3.76. The van der Waals surface area contributed by atoms with Crippen molar-refractivity contribution in [3.05, 3.63) is 76.9 Å². The van der Waals surface area contributed by atoms with Gasteiger partial charge in [0.25, 0.3) is 17.7 Å². The summed E-state index contributed by atoms with van der Waals surface area (Å²) < 4.78 is 20.2. The van der Waals surface area contributed by atoms with E-state index in [-0.39, 0.29) is 47.9 Å². The van der Waals surface area contributed by atoms with Crippen LogP contribution >= 0.6 is 0 Å². The van der Waals surface area contributed by atoms with E-state index in [1.165, 1.54) is 19.1 Å². The van der Waals surface area contributed by atoms with Crippen molar-refractivity contribution in [3.8, 4) is 5.75 Å². The Balaban J connectivity index is 0.879. The van der Waals surface area contributed by atoms with Gasteiger partial charge in [-0.15, -0.1) is 0 Å². The fraction of sp³-hybridized carbons (Fsp3) is 0.476. The molecule has 2 aromatic carbocycles. The predicted octanol–water partition coefficient (Wildman–Crippen LogP) is 3.74. The van der Waals surface area contributed by atoms with Gasteiger partial charge in [0.2, 0.25) is 17.7 Å². The van der Waals surface area contributed by atoms with Gasteiger partial charge < -0.3 is 26.0 Å². The molecule has 0 bridgehead atoms. The van der Waals surface area contributed by atoms with Crippen LogP contribution in [0.3, 0.4) is 0 Å². The molecule has 0 radical (unpaired) electrons. The number of nitrogens with zero attached hydrogens (tertiary/aromatic N) is 2. The van der Waals surface area contributed by atoms with Crippen LogP contribution in [0.1, 0.15) is 104 Å². The summed E-state index contributed by atoms with van der Waals surface area (Å²) in [6.07, 6.45) is 11.8. The molecule has 2 fully saturated rings. The standard InChI is InChI=1S/C42H50FN7O7/c1-25(51)46-35-24-45-34(22-30-29-21-26(43)14-15-31(29)47-38(30)53)42(35,2)49-19-18-44-23-27(49)11-8-6-4-3-5-7-9-20-57-33-13-10-12-28-37(33)41(56)50(40(28)55)32-16-17-36(52)48-39(32)54/h10,12-15,21-22,24,27,32,34,44-45H,3-9,11,16-20,23H2,1-2H3,(H,46,51)(H,47,53)(H,48,52,54). The third-order valence-electron chi connectivity index (χ3n) is 11.8. The van der Waals surface area contributed by atoms with Crippen molar-refractivity contribution in [3.63, 3.8) is 0 Å². The van der Waals surface area contributed by atoms with Gasteiger partial charge in [-0.2, -0.15) is 0 Å². The first-order valence-electron chi connectivity index (χ1n) is 20.0. The topological polar surface area (TPSA) is 178 Å². The largest absolute Gasteiger partial charge is 0.493 e. The summed E-state index contributed by atoms with van der Waals surface area (Å²) in [7, 11) is 0. The number of hydrogen-bond acceptors (Lipinski definition) is 10. The van der Waals surface area contributed by atoms with Crippen LogP contribution in [-0.2, 0) is 19.2 Å². The average molecular weight is 784 g/mol. The molecule has 15 heteroatoms. The first-order chi connectivity index (χ1) is 27.5. The highest BCUT2D eigenvalue weighted by Gasteiger charge is 2.50. The summed E-state index contributed by atoms with van der Waals surface area (Å²) >= 11 is 0. The lowest BCUT2D eigenvalue weighted by molar-refractivity contribution is -0.136. The fourth-order valence-electron chi connectivity index (χ4n) is 8.82. The minimum Gasteiger partial charge on any atom is -0.493 e. The molecule has 0 spiro atoms. The zero-order chi connectivity index (χ0) is 40.3. The van der Waals surface area contributed by atoms with Gasteiger partial charge in [0.05, 0.1) is 35.0 Å². The Morgan fingerprint density at radius 1 is 0.982 bits per heavy atom. The van der Waals surface area contributed by atoms with Gasteiger partial charge in [-0.3, -0.25) is 43.9 Å². The van der Waals surface area contributed by atoms with Crippen LogP contribution in [0.2, 0.25) is 0 Å². The van der Waals surface area contributed by atoms with Gasteiger partial charge in [0.15, 0.2) is 0 Å². The first-order valence-corrected chi connectivity index (χ1v) is 20.0. The number of halogens is 1. The van der Waals surface area contributed by atoms with Gasteiger partial charge in [-0.05, 0) is 62.6 Å². The van der Waals surface area contributed by atoms with Gasteiger partial charge >= 0.3 is 0 Å². The number of ether oxygens (including phenoxy) is 1. The zero-order valence-electron chi connectivity index (χ0n) is 32.4. The molecule has 4 unspecified atom stereocenters. The van der Waals surface area contributed by atoms with Gasteiger partial charge in [0, 0.05) is 62.0 Å². The Kier molecular flexibility index (Phi) is 11.9. The maximum absolute atomic E-state index is 14.2. The van der Waals surface area contributed by atoms with Crippen molar-refractivity contribution in [2.75, 3.05) is 31.6 Å². The zero-order valence-corrected chi connectivity index (χ0v) is 32.4. The Labute approximate surface area is 331 Å². The molecule has 0 aromatic heterocycles. The molecular formula is C42H50FN7O7. The normalized spacial score (nSPS) is 25.2. The van der Waals surface area contributed by atoms with Crippen molar-refractivity contribution in [2.45, 2.75) is 102 Å². The molecule has 0 aliphatic carbocycles. The van der Waals surface area contributed by atoms with E-state index in [1.807, 2.05) is 12.3 Å². The summed E-state index contributed by atoms with van der Waals surface area (Å²) in [6.45, 7) is 6.28. The molecule has 14 nitrogen and oxygen atoms in total. The van der Waals surface area contributed by atoms with E-state index in [1.54, 1.807) is 24.3 Å². The Morgan fingerprint density at radius 2 is 1.75 bits per heavy atom. The number of rotatable bonds is 15. The fourth-order valence-corrected chi connectivity index (χ4v) is 8.82. The molecule has 5 aliphatic heterocycles. The van der Waals surface area contributed by atoms with Crippen LogP contribution in [0.15, 0.2) is 54.4 Å². The highest BCUT2D eigenvalue weighted by atomic mass is 19.1. The van der Waals surface area contributed by atoms with Gasteiger partial charge in [0.1, 0.15) is 17.6 Å². The number of anilines is 1. The van der Waals surface area contributed by atoms with Crippen LogP contribution in [0.5, 0.6) is 5.75 Å². The molecule has 7 rings (SSSR count). The van der Waals surface area contributed by atoms with Crippen LogP contribution in [0.25, 0.3) is 5.57 Å². The molecule has 5 heterocycles. The first kappa shape index (κ1) is 39.8. The summed E-state index contributed by atoms with van der Waals surface area (Å²) in [5.41, 5.74) is 1.91. The summed E-state index contributed by atoms with van der Waals surface area (Å²) in [4.78, 5) is 79.2. The monoisotopic (exact) mass is 783 g/mol. The Hall–Kier alpha value is -5.41. The van der Waals surface area contributed by atoms with Gasteiger partial charge in [-0.1, -0.05) is 44.6 Å². The summed E-state index contributed by atoms with van der Waals surface area (Å²) in [5.74, 6) is -2.76. The minimum absolute atomic E-state index is 0.0606. The number of unbranched alkanes of at least 4 members (excludes halogenated alkanes) is 6. The number of hydrogen-bond donors (Lipinski definition) is 5. The van der Waals surface area contributed by atoms with Gasteiger partial charge in [-0.25, -0.2) is 4.39 Å². The van der Waals surface area contributed by atoms with E-state index in [9.17, 15) is 33.2 Å². The highest BCUT2D eigenvalue weighted by molar-refractivity contribution is 6.31. The quantitative estimate of drug-likeness (QED) is 0.102. The van der Waals surface area contributed by atoms with Crippen LogP contribution in [-0.4, -0.2) is 95.1 Å². The second kappa shape index (κ2) is 17.0. The lowest BCUT2D eigenvalue weighted by atomic mass is 9.84. The number of carbonyl (C=O) groups excluding carboxylic acids is 6. The van der Waals surface area contributed by atoms with Crippen molar-refractivity contribution < 1.29 is 37.9 Å². The number of imide groups is 2. The molecule has 302 valence electrons. The van der Waals surface area contributed by atoms with E-state index in [0.29, 0.717) is 29.2 Å². The number of nitrogens with one attached hydrogen (secondary N) is 5. The maximum Gasteiger partial charge on any atom is 0.266 e. The number of carbonyl (C=O) groups is 6. The van der Waals surface area contributed by atoms with Crippen LogP contribution in [0, 0.1) is 5.82 Å². The van der Waals surface area contributed by atoms with Crippen LogP contribution < -0.4 is 31.3 Å². The maximum atomic E-state index is 14.2. The molecule has 2 aromatic rings. The minimum atomic E-state index is -1.02. The molecule has 5 N–H and O–H groups in total. The number of amides is 6. The summed E-state index contributed by atoms with van der Waals surface area (Å²) in [6, 6.07) is 7.94. The molecule has 0 saturated carbocycles. The van der Waals surface area contributed by atoms with E-state index in [2.05, 4.69) is 38.4 Å². The molecule has 5 aliphatic rings. The molecule has 57 heavy (non-hydrogen) atoms. The third-order valence-corrected chi connectivity index (χ3v) is 11.8. The van der Waals surface area contributed by atoms with E-state index in [4.69, 9.17) is 4.74 Å². The van der Waals surface area contributed by atoms with E-state index < -0.39 is 41.0 Å². The van der Waals surface area contributed by atoms with Crippen molar-refractivity contribution in [1.29, 1.82) is 0 Å². The molecule has 6 amide bonds. The number of benzene rings is 2. The number of piperidine rings is 1. The highest BCUT2D eigenvalue weighted by Crippen LogP contribution is 2.39. The molecule has 4 atom stereocenters.